The fourth-order valence-electron chi connectivity index (χ4n) is 2.96. The number of thioether (sulfide) groups is 1. The van der Waals surface area contributed by atoms with Crippen molar-refractivity contribution in [1.82, 2.24) is 25.1 Å². The smallest absolute Gasteiger partial charge is 0.342 e. The average Bonchev–Trinajstić information content (AvgIpc) is 3.35. The van der Waals surface area contributed by atoms with E-state index in [4.69, 9.17) is 14.9 Å². The second-order valence-electron chi connectivity index (χ2n) is 6.49. The van der Waals surface area contributed by atoms with Gasteiger partial charge in [0.2, 0.25) is 10.9 Å². The maximum atomic E-state index is 12.2. The van der Waals surface area contributed by atoms with Gasteiger partial charge < -0.3 is 14.9 Å². The molecule has 0 aliphatic carbocycles. The summed E-state index contributed by atoms with van der Waals surface area (Å²) in [5.74, 6) is 1.53. The monoisotopic (exact) mass is 436 g/mol. The van der Waals surface area contributed by atoms with Gasteiger partial charge in [0.25, 0.3) is 0 Å². The predicted octanol–water partition coefficient (Wildman–Crippen LogP) is 3.87. The molecule has 158 valence electrons. The summed E-state index contributed by atoms with van der Waals surface area (Å²) in [4.78, 5) is 25.3. The Hall–Kier alpha value is -3.66. The number of nitrogens with zero attached hydrogens (tertiary/aromatic N) is 4. The van der Waals surface area contributed by atoms with E-state index in [1.807, 2.05) is 42.5 Å². The third-order valence-electron chi connectivity index (χ3n) is 4.33. The Balaban J connectivity index is 1.48. The number of hydrogen-bond donors (Lipinski definition) is 2. The van der Waals surface area contributed by atoms with Gasteiger partial charge >= 0.3 is 5.97 Å². The Kier molecular flexibility index (Phi) is 5.99. The maximum Gasteiger partial charge on any atom is 0.342 e. The molecule has 0 aliphatic rings. The number of carbonyl (C=O) groups is 1. The highest BCUT2D eigenvalue weighted by molar-refractivity contribution is 7.98. The lowest BCUT2D eigenvalue weighted by Gasteiger charge is -2.03. The van der Waals surface area contributed by atoms with Crippen LogP contribution in [0.5, 0.6) is 0 Å². The molecule has 0 saturated carbocycles. The minimum Gasteiger partial charge on any atom is -0.462 e. The van der Waals surface area contributed by atoms with Crippen molar-refractivity contribution in [2.24, 2.45) is 0 Å². The van der Waals surface area contributed by atoms with Gasteiger partial charge in [0, 0.05) is 0 Å². The Morgan fingerprint density at radius 2 is 2.03 bits per heavy atom. The van der Waals surface area contributed by atoms with Gasteiger partial charge in [-0.25, -0.2) is 14.8 Å². The van der Waals surface area contributed by atoms with Gasteiger partial charge in [0.1, 0.15) is 28.8 Å². The number of hydrogen-bond acceptors (Lipinski definition) is 9. The lowest BCUT2D eigenvalue weighted by atomic mass is 10.2. The van der Waals surface area contributed by atoms with Crippen LogP contribution in [0.2, 0.25) is 0 Å². The molecule has 31 heavy (non-hydrogen) atoms. The number of fused-ring (bicyclic) bond motifs is 1. The molecule has 9 nitrogen and oxygen atoms in total. The van der Waals surface area contributed by atoms with E-state index >= 15 is 0 Å². The Bertz CT molecular complexity index is 1250. The van der Waals surface area contributed by atoms with Crippen LogP contribution in [0.4, 0.5) is 5.82 Å². The summed E-state index contributed by atoms with van der Waals surface area (Å²) in [5, 5.41) is 8.00. The van der Waals surface area contributed by atoms with Crippen LogP contribution in [0.15, 0.2) is 39.9 Å². The van der Waals surface area contributed by atoms with Crippen LogP contribution in [-0.2, 0) is 10.5 Å². The molecular weight excluding hydrogens is 416 g/mol. The molecule has 3 heterocycles. The van der Waals surface area contributed by atoms with Gasteiger partial charge in [-0.1, -0.05) is 48.2 Å². The van der Waals surface area contributed by atoms with E-state index in [2.05, 4.69) is 25.1 Å². The molecule has 0 saturated heterocycles. The number of aryl methyl sites for hydroxylation is 1. The number of anilines is 1. The fraction of sp³-hybridized carbons (Fsp3) is 0.190. The number of aromatic nitrogens is 5. The quantitative estimate of drug-likeness (QED) is 0.327. The molecule has 0 spiro atoms. The van der Waals surface area contributed by atoms with Crippen LogP contribution in [0.25, 0.3) is 23.3 Å². The zero-order valence-corrected chi connectivity index (χ0v) is 17.8. The maximum absolute atomic E-state index is 12.2. The predicted molar refractivity (Wildman–Crippen MR) is 118 cm³/mol. The molecule has 0 bridgehead atoms. The van der Waals surface area contributed by atoms with Crippen LogP contribution >= 0.6 is 11.8 Å². The van der Waals surface area contributed by atoms with Crippen LogP contribution in [0, 0.1) is 6.92 Å². The summed E-state index contributed by atoms with van der Waals surface area (Å²) < 4.78 is 10.7. The van der Waals surface area contributed by atoms with E-state index in [1.54, 1.807) is 13.8 Å². The summed E-state index contributed by atoms with van der Waals surface area (Å²) in [5.41, 5.74) is 7.69. The number of aromatic amines is 1. The molecule has 10 heteroatoms. The number of rotatable bonds is 7. The SMILES string of the molecule is CCOC(=O)c1c(C)oc2nc(CSc3n[nH]c(/C=C/c4ccccc4)n3)nc(N)c12. The summed E-state index contributed by atoms with van der Waals surface area (Å²) >= 11 is 1.36. The normalized spacial score (nSPS) is 11.4. The number of nitrogen functional groups attached to an aromatic ring is 1. The third-order valence-corrected chi connectivity index (χ3v) is 5.17. The lowest BCUT2D eigenvalue weighted by molar-refractivity contribution is 0.0526. The molecular formula is C21H20N6O3S. The highest BCUT2D eigenvalue weighted by Gasteiger charge is 2.24. The molecule has 0 fully saturated rings. The molecule has 4 aromatic rings. The summed E-state index contributed by atoms with van der Waals surface area (Å²) in [7, 11) is 0. The van der Waals surface area contributed by atoms with Crippen molar-refractivity contribution < 1.29 is 13.9 Å². The first-order valence-corrected chi connectivity index (χ1v) is 10.5. The number of esters is 1. The van der Waals surface area contributed by atoms with Crippen molar-refractivity contribution in [2.75, 3.05) is 12.3 Å². The second kappa shape index (κ2) is 9.00. The van der Waals surface area contributed by atoms with E-state index in [1.165, 1.54) is 11.8 Å². The number of benzene rings is 1. The van der Waals surface area contributed by atoms with E-state index < -0.39 is 5.97 Å². The minimum atomic E-state index is -0.506. The lowest BCUT2D eigenvalue weighted by Crippen LogP contribution is -2.07. The molecule has 3 N–H and O–H groups in total. The number of nitrogens with two attached hydrogens (primary N) is 1. The zero-order chi connectivity index (χ0) is 21.8. The van der Waals surface area contributed by atoms with Crippen LogP contribution in [-0.4, -0.2) is 37.7 Å². The first kappa shape index (κ1) is 20.6. The van der Waals surface area contributed by atoms with Gasteiger partial charge in [-0.15, -0.1) is 5.10 Å². The molecule has 0 radical (unpaired) electrons. The number of nitrogens with one attached hydrogen (secondary N) is 1. The minimum absolute atomic E-state index is 0.168. The van der Waals surface area contributed by atoms with Gasteiger partial charge in [-0.3, -0.25) is 5.10 Å². The zero-order valence-electron chi connectivity index (χ0n) is 17.0. The standard InChI is InChI=1S/C21H20N6O3S/c1-3-29-20(28)16-12(2)30-19-17(16)18(22)23-15(24-19)11-31-21-25-14(26-27-21)10-9-13-7-5-4-6-8-13/h4-10H,3,11H2,1-2H3,(H2,22,23,24)(H,25,26,27)/b10-9+. The third kappa shape index (κ3) is 4.58. The van der Waals surface area contributed by atoms with Crippen molar-refractivity contribution in [1.29, 1.82) is 0 Å². The molecule has 0 unspecified atom stereocenters. The highest BCUT2D eigenvalue weighted by Crippen LogP contribution is 2.30. The fourth-order valence-corrected chi connectivity index (χ4v) is 3.62. The van der Waals surface area contributed by atoms with Crippen LogP contribution in [0.1, 0.15) is 40.3 Å². The summed E-state index contributed by atoms with van der Waals surface area (Å²) in [6.45, 7) is 3.65. The van der Waals surface area contributed by atoms with Crippen molar-refractivity contribution in [3.8, 4) is 0 Å². The molecule has 4 rings (SSSR count). The van der Waals surface area contributed by atoms with Crippen molar-refractivity contribution >= 4 is 46.8 Å². The van der Waals surface area contributed by atoms with Crippen molar-refractivity contribution in [2.45, 2.75) is 24.8 Å². The number of H-pyrrole nitrogens is 1. The Labute approximate surface area is 182 Å². The first-order valence-electron chi connectivity index (χ1n) is 9.56. The second-order valence-corrected chi connectivity index (χ2v) is 7.44. The van der Waals surface area contributed by atoms with Crippen LogP contribution < -0.4 is 5.73 Å². The van der Waals surface area contributed by atoms with Gasteiger partial charge in [0.05, 0.1) is 17.7 Å². The largest absolute Gasteiger partial charge is 0.462 e. The van der Waals surface area contributed by atoms with E-state index in [-0.39, 0.29) is 23.7 Å². The van der Waals surface area contributed by atoms with E-state index in [0.29, 0.717) is 33.7 Å². The number of ether oxygens (including phenoxy) is 1. The Morgan fingerprint density at radius 1 is 1.23 bits per heavy atom. The Morgan fingerprint density at radius 3 is 2.81 bits per heavy atom. The highest BCUT2D eigenvalue weighted by atomic mass is 32.2. The van der Waals surface area contributed by atoms with E-state index in [0.717, 1.165) is 5.56 Å². The van der Waals surface area contributed by atoms with Gasteiger partial charge in [-0.05, 0) is 25.5 Å². The van der Waals surface area contributed by atoms with Crippen molar-refractivity contribution in [3.05, 3.63) is 58.9 Å². The molecule has 0 amide bonds. The molecule has 0 aliphatic heterocycles. The molecule has 0 atom stereocenters. The number of carbonyl (C=O) groups excluding carboxylic acids is 1. The number of furan rings is 1. The van der Waals surface area contributed by atoms with Crippen molar-refractivity contribution in [3.63, 3.8) is 0 Å². The van der Waals surface area contributed by atoms with E-state index in [9.17, 15) is 4.79 Å². The average molecular weight is 436 g/mol. The first-order chi connectivity index (χ1) is 15.0. The molecule has 1 aromatic carbocycles. The summed E-state index contributed by atoms with van der Waals surface area (Å²) in [6.07, 6.45) is 3.81. The topological polar surface area (TPSA) is 133 Å². The molecule has 3 aromatic heterocycles. The van der Waals surface area contributed by atoms with Gasteiger partial charge in [-0.2, -0.15) is 4.98 Å². The summed E-state index contributed by atoms with van der Waals surface area (Å²) in [6, 6.07) is 9.92. The van der Waals surface area contributed by atoms with Gasteiger partial charge in [0.15, 0.2) is 0 Å². The van der Waals surface area contributed by atoms with Crippen LogP contribution in [0.3, 0.4) is 0 Å².